The van der Waals surface area contributed by atoms with Crippen molar-refractivity contribution in [2.24, 2.45) is 0 Å². The Bertz CT molecular complexity index is 1230. The zero-order valence-electron chi connectivity index (χ0n) is 18.2. The molecule has 0 unspecified atom stereocenters. The Morgan fingerprint density at radius 2 is 1.84 bits per heavy atom. The maximum absolute atomic E-state index is 6.13. The standard InChI is InChI=1S/C26H27ClN4/c1-26(2,3)25-28-14-18-15-31(13-12-22(18)30-25)16-21-20-6-4-5-7-23(20)29-24(21)17-8-10-19(27)11-9-17/h4-11,14,29H,12-13,15-16H2,1-3H3. The van der Waals surface area contributed by atoms with E-state index >= 15 is 0 Å². The summed E-state index contributed by atoms with van der Waals surface area (Å²) in [4.78, 5) is 15.7. The lowest BCUT2D eigenvalue weighted by Gasteiger charge is -2.29. The van der Waals surface area contributed by atoms with Gasteiger partial charge in [-0.05, 0) is 29.3 Å². The van der Waals surface area contributed by atoms with Gasteiger partial charge in [-0.15, -0.1) is 0 Å². The number of hydrogen-bond acceptors (Lipinski definition) is 3. The van der Waals surface area contributed by atoms with E-state index in [1.165, 1.54) is 27.9 Å². The van der Waals surface area contributed by atoms with Gasteiger partial charge in [-0.2, -0.15) is 0 Å². The van der Waals surface area contributed by atoms with Crippen LogP contribution in [0.1, 0.15) is 43.4 Å². The molecule has 2 aromatic heterocycles. The molecule has 0 bridgehead atoms. The van der Waals surface area contributed by atoms with Crippen molar-refractivity contribution in [3.05, 3.63) is 82.4 Å². The minimum absolute atomic E-state index is 0.0241. The van der Waals surface area contributed by atoms with Gasteiger partial charge in [0.15, 0.2) is 0 Å². The highest BCUT2D eigenvalue weighted by Gasteiger charge is 2.24. The SMILES string of the molecule is CC(C)(C)c1ncc2c(n1)CCN(Cc1c(-c3ccc(Cl)cc3)[nH]c3ccccc13)C2. The molecular weight excluding hydrogens is 404 g/mol. The van der Waals surface area contributed by atoms with Crippen LogP contribution in [0.25, 0.3) is 22.2 Å². The Balaban J connectivity index is 1.47. The first kappa shape index (κ1) is 20.2. The number of nitrogens with one attached hydrogen (secondary N) is 1. The largest absolute Gasteiger partial charge is 0.354 e. The number of benzene rings is 2. The normalized spacial score (nSPS) is 14.7. The van der Waals surface area contributed by atoms with Gasteiger partial charge in [0.1, 0.15) is 5.82 Å². The number of rotatable bonds is 3. The van der Waals surface area contributed by atoms with Gasteiger partial charge in [0, 0.05) is 64.8 Å². The monoisotopic (exact) mass is 430 g/mol. The quantitative estimate of drug-likeness (QED) is 0.425. The molecule has 0 radical (unpaired) electrons. The number of hydrogen-bond donors (Lipinski definition) is 1. The Kier molecular flexibility index (Phi) is 5.07. The van der Waals surface area contributed by atoms with Gasteiger partial charge in [0.05, 0.1) is 5.69 Å². The molecule has 1 aliphatic rings. The Morgan fingerprint density at radius 1 is 1.06 bits per heavy atom. The van der Waals surface area contributed by atoms with Crippen LogP contribution in [-0.4, -0.2) is 26.4 Å². The summed E-state index contributed by atoms with van der Waals surface area (Å²) in [7, 11) is 0. The molecule has 3 heterocycles. The van der Waals surface area contributed by atoms with Crippen molar-refractivity contribution >= 4 is 22.5 Å². The second kappa shape index (κ2) is 7.77. The summed E-state index contributed by atoms with van der Waals surface area (Å²) in [5.74, 6) is 0.932. The van der Waals surface area contributed by atoms with Gasteiger partial charge >= 0.3 is 0 Å². The molecule has 158 valence electrons. The number of fused-ring (bicyclic) bond motifs is 2. The summed E-state index contributed by atoms with van der Waals surface area (Å²) in [5, 5.41) is 2.03. The average molecular weight is 431 g/mol. The Labute approximate surface area is 188 Å². The van der Waals surface area contributed by atoms with Gasteiger partial charge < -0.3 is 4.98 Å². The molecule has 31 heavy (non-hydrogen) atoms. The highest BCUT2D eigenvalue weighted by Crippen LogP contribution is 2.33. The summed E-state index contributed by atoms with van der Waals surface area (Å²) in [6.45, 7) is 9.24. The van der Waals surface area contributed by atoms with E-state index in [4.69, 9.17) is 16.6 Å². The van der Waals surface area contributed by atoms with E-state index in [0.717, 1.165) is 48.0 Å². The summed E-state index contributed by atoms with van der Waals surface area (Å²) in [6.07, 6.45) is 2.99. The maximum Gasteiger partial charge on any atom is 0.133 e. The number of H-pyrrole nitrogens is 1. The number of halogens is 1. The molecule has 1 aliphatic heterocycles. The molecule has 0 saturated carbocycles. The maximum atomic E-state index is 6.13. The van der Waals surface area contributed by atoms with Crippen LogP contribution in [0.15, 0.2) is 54.7 Å². The second-order valence-electron chi connectivity index (χ2n) is 9.41. The minimum atomic E-state index is -0.0241. The van der Waals surface area contributed by atoms with Crippen molar-refractivity contribution in [3.8, 4) is 11.3 Å². The minimum Gasteiger partial charge on any atom is -0.354 e. The first-order chi connectivity index (χ1) is 14.9. The third kappa shape index (κ3) is 3.98. The van der Waals surface area contributed by atoms with E-state index in [-0.39, 0.29) is 5.41 Å². The van der Waals surface area contributed by atoms with Crippen LogP contribution < -0.4 is 0 Å². The fourth-order valence-corrected chi connectivity index (χ4v) is 4.45. The molecule has 2 aromatic carbocycles. The number of aromatic amines is 1. The molecule has 1 N–H and O–H groups in total. The van der Waals surface area contributed by atoms with Crippen molar-refractivity contribution < 1.29 is 0 Å². The van der Waals surface area contributed by atoms with Gasteiger partial charge in [0.25, 0.3) is 0 Å². The van der Waals surface area contributed by atoms with Crippen molar-refractivity contribution in [3.63, 3.8) is 0 Å². The molecule has 0 saturated heterocycles. The van der Waals surface area contributed by atoms with Gasteiger partial charge in [-0.1, -0.05) is 62.7 Å². The van der Waals surface area contributed by atoms with E-state index in [9.17, 15) is 0 Å². The van der Waals surface area contributed by atoms with E-state index in [0.29, 0.717) is 0 Å². The molecule has 5 heteroatoms. The topological polar surface area (TPSA) is 44.8 Å². The summed E-state index contributed by atoms with van der Waals surface area (Å²) in [5.41, 5.74) is 7.24. The zero-order valence-corrected chi connectivity index (χ0v) is 19.0. The molecule has 5 rings (SSSR count). The predicted molar refractivity (Wildman–Crippen MR) is 127 cm³/mol. The lowest BCUT2D eigenvalue weighted by Crippen LogP contribution is -2.32. The molecular formula is C26H27ClN4. The third-order valence-electron chi connectivity index (χ3n) is 6.01. The van der Waals surface area contributed by atoms with Crippen LogP contribution in [0.2, 0.25) is 5.02 Å². The van der Waals surface area contributed by atoms with Gasteiger partial charge in [-0.25, -0.2) is 9.97 Å². The molecule has 0 spiro atoms. The lowest BCUT2D eigenvalue weighted by atomic mass is 9.95. The number of aromatic nitrogens is 3. The first-order valence-electron chi connectivity index (χ1n) is 10.8. The van der Waals surface area contributed by atoms with E-state index in [1.54, 1.807) is 0 Å². The fraction of sp³-hybridized carbons (Fsp3) is 0.308. The van der Waals surface area contributed by atoms with Crippen LogP contribution in [0.5, 0.6) is 0 Å². The molecule has 4 aromatic rings. The number of nitrogens with zero attached hydrogens (tertiary/aromatic N) is 3. The van der Waals surface area contributed by atoms with Crippen LogP contribution in [0, 0.1) is 0 Å². The van der Waals surface area contributed by atoms with Crippen LogP contribution in [0.4, 0.5) is 0 Å². The Hall–Kier alpha value is -2.69. The van der Waals surface area contributed by atoms with Gasteiger partial charge in [0.2, 0.25) is 0 Å². The Morgan fingerprint density at radius 3 is 2.61 bits per heavy atom. The van der Waals surface area contributed by atoms with E-state index in [2.05, 4.69) is 72.0 Å². The average Bonchev–Trinajstić information content (AvgIpc) is 3.11. The predicted octanol–water partition coefficient (Wildman–Crippen LogP) is 6.13. The molecule has 4 nitrogen and oxygen atoms in total. The highest BCUT2D eigenvalue weighted by atomic mass is 35.5. The van der Waals surface area contributed by atoms with Crippen LogP contribution in [-0.2, 0) is 24.9 Å². The van der Waals surface area contributed by atoms with Gasteiger partial charge in [-0.3, -0.25) is 4.90 Å². The third-order valence-corrected chi connectivity index (χ3v) is 6.26. The molecule has 0 aliphatic carbocycles. The second-order valence-corrected chi connectivity index (χ2v) is 9.84. The first-order valence-corrected chi connectivity index (χ1v) is 11.2. The van der Waals surface area contributed by atoms with Crippen molar-refractivity contribution in [2.75, 3.05) is 6.54 Å². The fourth-order valence-electron chi connectivity index (χ4n) is 4.32. The van der Waals surface area contributed by atoms with Crippen molar-refractivity contribution in [1.82, 2.24) is 19.9 Å². The van der Waals surface area contributed by atoms with Crippen molar-refractivity contribution in [2.45, 2.75) is 45.7 Å². The van der Waals surface area contributed by atoms with Crippen LogP contribution in [0.3, 0.4) is 0 Å². The smallest absolute Gasteiger partial charge is 0.133 e. The molecule has 0 amide bonds. The number of para-hydroxylation sites is 1. The van der Waals surface area contributed by atoms with Crippen molar-refractivity contribution in [1.29, 1.82) is 0 Å². The highest BCUT2D eigenvalue weighted by molar-refractivity contribution is 6.30. The lowest BCUT2D eigenvalue weighted by molar-refractivity contribution is 0.243. The summed E-state index contributed by atoms with van der Waals surface area (Å²) < 4.78 is 0. The zero-order chi connectivity index (χ0) is 21.6. The summed E-state index contributed by atoms with van der Waals surface area (Å²) in [6, 6.07) is 16.6. The summed E-state index contributed by atoms with van der Waals surface area (Å²) >= 11 is 6.13. The van der Waals surface area contributed by atoms with E-state index < -0.39 is 0 Å². The molecule has 0 atom stereocenters. The van der Waals surface area contributed by atoms with E-state index in [1.807, 2.05) is 18.3 Å². The van der Waals surface area contributed by atoms with Crippen LogP contribution >= 0.6 is 11.6 Å². The molecule has 0 fully saturated rings.